The number of hydrogen-bond donors (Lipinski definition) is 2. The van der Waals surface area contributed by atoms with Gasteiger partial charge >= 0.3 is 12.3 Å². The van der Waals surface area contributed by atoms with E-state index in [0.717, 1.165) is 6.07 Å². The van der Waals surface area contributed by atoms with Crippen molar-refractivity contribution in [3.63, 3.8) is 0 Å². The number of carbonyl (C=O) groups excluding carboxylic acids is 1. The zero-order chi connectivity index (χ0) is 28.5. The van der Waals surface area contributed by atoms with E-state index >= 15 is 0 Å². The quantitative estimate of drug-likeness (QED) is 0.345. The number of nitrogens with zero attached hydrogens (tertiary/aromatic N) is 4. The predicted octanol–water partition coefficient (Wildman–Crippen LogP) is 5.92. The summed E-state index contributed by atoms with van der Waals surface area (Å²) in [5, 5.41) is 2.60. The number of nitrogens with one attached hydrogen (secondary N) is 1. The van der Waals surface area contributed by atoms with Gasteiger partial charge in [0.05, 0.1) is 18.4 Å². The first-order chi connectivity index (χ1) is 17.7. The second-order valence-electron chi connectivity index (χ2n) is 9.14. The molecule has 3 rings (SSSR count). The summed E-state index contributed by atoms with van der Waals surface area (Å²) in [6.07, 6.45) is -1.92. The van der Waals surface area contributed by atoms with Gasteiger partial charge < -0.3 is 15.2 Å². The Labute approximate surface area is 224 Å². The average molecular weight is 555 g/mol. The highest BCUT2D eigenvalue weighted by molar-refractivity contribution is 6.29. The van der Waals surface area contributed by atoms with E-state index in [0.29, 0.717) is 35.1 Å². The molecule has 0 radical (unpaired) electrons. The smallest absolute Gasteiger partial charge is 0.419 e. The summed E-state index contributed by atoms with van der Waals surface area (Å²) in [7, 11) is 1.26. The molecule has 1 amide bonds. The Hall–Kier alpha value is -3.51. The van der Waals surface area contributed by atoms with Crippen molar-refractivity contribution in [1.82, 2.24) is 19.9 Å². The van der Waals surface area contributed by atoms with Crippen molar-refractivity contribution in [2.45, 2.75) is 45.8 Å². The highest BCUT2D eigenvalue weighted by atomic mass is 35.5. The Bertz CT molecular complexity index is 1220. The van der Waals surface area contributed by atoms with Gasteiger partial charge in [0, 0.05) is 22.9 Å². The summed E-state index contributed by atoms with van der Waals surface area (Å²) in [5.41, 5.74) is 6.05. The molecule has 0 aliphatic carbocycles. The predicted molar refractivity (Wildman–Crippen MR) is 138 cm³/mol. The number of anilines is 1. The molecule has 9 nitrogen and oxygen atoms in total. The molecule has 206 valence electrons. The van der Waals surface area contributed by atoms with Gasteiger partial charge in [-0.25, -0.2) is 24.7 Å². The number of methoxy groups -OCH3 is 1. The Balaban J connectivity index is 0.000000352. The molecule has 0 aliphatic rings. The van der Waals surface area contributed by atoms with Crippen molar-refractivity contribution in [1.29, 1.82) is 0 Å². The lowest BCUT2D eigenvalue weighted by Gasteiger charge is -2.27. The lowest BCUT2D eigenvalue weighted by atomic mass is 9.93. The first kappa shape index (κ1) is 30.7. The van der Waals surface area contributed by atoms with Crippen molar-refractivity contribution < 1.29 is 27.4 Å². The van der Waals surface area contributed by atoms with Crippen LogP contribution in [0.2, 0.25) is 5.15 Å². The fourth-order valence-electron chi connectivity index (χ4n) is 3.44. The summed E-state index contributed by atoms with van der Waals surface area (Å²) in [5.74, 6) is 0.397. The number of hydrogen-bond acceptors (Lipinski definition) is 8. The van der Waals surface area contributed by atoms with E-state index < -0.39 is 23.4 Å². The molecular weight excluding hydrogens is 525 g/mol. The van der Waals surface area contributed by atoms with E-state index in [9.17, 15) is 18.0 Å². The summed E-state index contributed by atoms with van der Waals surface area (Å²) < 4.78 is 50.3. The van der Waals surface area contributed by atoms with Gasteiger partial charge in [-0.1, -0.05) is 25.4 Å². The van der Waals surface area contributed by atoms with E-state index in [-0.39, 0.29) is 17.5 Å². The third-order valence-corrected chi connectivity index (χ3v) is 5.07. The number of rotatable bonds is 7. The number of halogens is 4. The van der Waals surface area contributed by atoms with Crippen molar-refractivity contribution >= 4 is 23.5 Å². The molecule has 1 atom stereocenters. The molecule has 0 saturated carbocycles. The first-order valence-electron chi connectivity index (χ1n) is 11.4. The fraction of sp³-hybridized carbons (Fsp3) is 0.400. The van der Waals surface area contributed by atoms with Crippen LogP contribution < -0.4 is 15.8 Å². The first-order valence-corrected chi connectivity index (χ1v) is 11.8. The topological polar surface area (TPSA) is 125 Å². The highest BCUT2D eigenvalue weighted by Crippen LogP contribution is 2.39. The number of aryl methyl sites for hydroxylation is 1. The van der Waals surface area contributed by atoms with E-state index in [4.69, 9.17) is 22.1 Å². The molecule has 0 spiro atoms. The van der Waals surface area contributed by atoms with Crippen molar-refractivity contribution in [2.24, 2.45) is 11.7 Å². The van der Waals surface area contributed by atoms with Crippen molar-refractivity contribution in [2.75, 3.05) is 19.0 Å². The zero-order valence-electron chi connectivity index (χ0n) is 21.6. The Morgan fingerprint density at radius 2 is 1.79 bits per heavy atom. The number of ether oxygens (including phenoxy) is 2. The van der Waals surface area contributed by atoms with E-state index in [1.54, 1.807) is 26.0 Å². The van der Waals surface area contributed by atoms with Crippen LogP contribution in [0.25, 0.3) is 11.3 Å². The Kier molecular flexibility index (Phi) is 10.8. The van der Waals surface area contributed by atoms with Gasteiger partial charge in [0.1, 0.15) is 36.0 Å². The molecule has 2 heterocycles. The van der Waals surface area contributed by atoms with Crippen LogP contribution in [0.3, 0.4) is 0 Å². The number of benzene rings is 1. The van der Waals surface area contributed by atoms with Crippen LogP contribution in [0.1, 0.15) is 38.4 Å². The van der Waals surface area contributed by atoms with Crippen molar-refractivity contribution in [3.05, 3.63) is 59.4 Å². The molecule has 38 heavy (non-hydrogen) atoms. The largest absolute Gasteiger partial charge is 0.491 e. The Morgan fingerprint density at radius 3 is 2.37 bits per heavy atom. The van der Waals surface area contributed by atoms with Gasteiger partial charge in [0.15, 0.2) is 0 Å². The maximum atomic E-state index is 13.5. The van der Waals surface area contributed by atoms with Crippen LogP contribution in [-0.4, -0.2) is 45.3 Å². The van der Waals surface area contributed by atoms with Crippen LogP contribution >= 0.6 is 11.6 Å². The van der Waals surface area contributed by atoms with Crippen LogP contribution in [0.5, 0.6) is 5.75 Å². The Morgan fingerprint density at radius 1 is 1.11 bits per heavy atom. The molecule has 0 fully saturated rings. The maximum absolute atomic E-state index is 13.5. The van der Waals surface area contributed by atoms with Crippen LogP contribution in [0.15, 0.2) is 43.0 Å². The van der Waals surface area contributed by atoms with Crippen LogP contribution in [0.4, 0.5) is 23.8 Å². The maximum Gasteiger partial charge on any atom is 0.419 e. The lowest BCUT2D eigenvalue weighted by Crippen LogP contribution is -2.43. The zero-order valence-corrected chi connectivity index (χ0v) is 22.4. The van der Waals surface area contributed by atoms with Gasteiger partial charge in [-0.15, -0.1) is 0 Å². The summed E-state index contributed by atoms with van der Waals surface area (Å²) in [6.45, 7) is 7.54. The molecule has 1 aromatic carbocycles. The number of aromatic nitrogens is 4. The van der Waals surface area contributed by atoms with E-state index in [2.05, 4.69) is 30.0 Å². The van der Waals surface area contributed by atoms with Gasteiger partial charge in [-0.2, -0.15) is 13.2 Å². The summed E-state index contributed by atoms with van der Waals surface area (Å²) in [6, 6.07) is 6.98. The van der Waals surface area contributed by atoms with Gasteiger partial charge in [-0.05, 0) is 50.5 Å². The molecule has 2 aromatic heterocycles. The number of nitrogens with two attached hydrogens (primary N) is 1. The van der Waals surface area contributed by atoms with Gasteiger partial charge in [0.2, 0.25) is 0 Å². The van der Waals surface area contributed by atoms with Gasteiger partial charge in [0.25, 0.3) is 0 Å². The second kappa shape index (κ2) is 13.3. The summed E-state index contributed by atoms with van der Waals surface area (Å²) >= 11 is 5.53. The highest BCUT2D eigenvalue weighted by Gasteiger charge is 2.35. The number of amides is 1. The SMILES string of the molecule is COC(=O)Nc1cc(Cl)ncn1.Cc1cc(-c2ccc(OC[C@@](C)(N)CC(C)C)c(C(F)(F)F)c2)ncn1. The minimum atomic E-state index is -4.55. The lowest BCUT2D eigenvalue weighted by molar-refractivity contribution is -0.139. The van der Waals surface area contributed by atoms with Gasteiger partial charge in [-0.3, -0.25) is 5.32 Å². The van der Waals surface area contributed by atoms with E-state index in [1.807, 2.05) is 13.8 Å². The standard InChI is InChI=1S/C19H24F3N3O.C6H6ClN3O2/c1-12(2)9-18(4,23)10-26-17-6-5-14(8-15(17)19(20,21)22)16-7-13(3)24-11-25-16;1-12-6(11)10-5-2-4(7)8-3-9-5/h5-8,11-12H,9-10,23H2,1-4H3;2-3H,1H3,(H,8,9,10,11)/t18-;/m0./s1. The molecule has 0 unspecified atom stereocenters. The normalized spacial score (nSPS) is 12.7. The fourth-order valence-corrected chi connectivity index (χ4v) is 3.59. The molecule has 0 saturated heterocycles. The minimum Gasteiger partial charge on any atom is -0.491 e. The van der Waals surface area contributed by atoms with Crippen molar-refractivity contribution in [3.8, 4) is 17.0 Å². The molecule has 3 N–H and O–H groups in total. The van der Waals surface area contributed by atoms with Crippen LogP contribution in [-0.2, 0) is 10.9 Å². The molecule has 0 aliphatic heterocycles. The number of alkyl halides is 3. The molecule has 0 bridgehead atoms. The third kappa shape index (κ3) is 10.1. The third-order valence-electron chi connectivity index (χ3n) is 4.87. The monoisotopic (exact) mass is 554 g/mol. The molecular formula is C25H30ClF3N6O3. The van der Waals surface area contributed by atoms with E-state index in [1.165, 1.54) is 31.9 Å². The summed E-state index contributed by atoms with van der Waals surface area (Å²) in [4.78, 5) is 26.0. The molecule has 3 aromatic rings. The average Bonchev–Trinajstić information content (AvgIpc) is 2.82. The molecule has 13 heteroatoms. The second-order valence-corrected chi connectivity index (χ2v) is 9.52. The minimum absolute atomic E-state index is 0.000220. The number of carbonyl (C=O) groups is 1. The van der Waals surface area contributed by atoms with Crippen LogP contribution in [0, 0.1) is 12.8 Å².